The molecule has 0 amide bonds. The Morgan fingerprint density at radius 3 is 2.94 bits per heavy atom. The van der Waals surface area contributed by atoms with E-state index in [9.17, 15) is 0 Å². The summed E-state index contributed by atoms with van der Waals surface area (Å²) in [6.07, 6.45) is 2.66. The molecule has 0 atom stereocenters. The average Bonchev–Trinajstić information content (AvgIpc) is 3.19. The number of likely N-dealkylation sites (N-methyl/N-ethyl adjacent to an activating group) is 1. The van der Waals surface area contributed by atoms with Crippen molar-refractivity contribution in [2.75, 3.05) is 19.7 Å². The standard InChI is InChI=1S/C14H18N2O/c1-2-16(13-6-7-13)8-9-17-14-5-3-4-12(10-14)11-15/h3-5,10,13H,2,6-9H2,1H3. The number of hydrogen-bond acceptors (Lipinski definition) is 3. The Balaban J connectivity index is 1.79. The van der Waals surface area contributed by atoms with Crippen molar-refractivity contribution in [1.29, 1.82) is 5.26 Å². The van der Waals surface area contributed by atoms with Crippen LogP contribution in [-0.2, 0) is 0 Å². The Morgan fingerprint density at radius 1 is 1.47 bits per heavy atom. The molecule has 0 saturated heterocycles. The minimum absolute atomic E-state index is 0.650. The minimum atomic E-state index is 0.650. The second-order valence-corrected chi connectivity index (χ2v) is 4.35. The van der Waals surface area contributed by atoms with Crippen LogP contribution in [0.25, 0.3) is 0 Å². The quantitative estimate of drug-likeness (QED) is 0.753. The summed E-state index contributed by atoms with van der Waals surface area (Å²) in [7, 11) is 0. The van der Waals surface area contributed by atoms with Gasteiger partial charge in [-0.1, -0.05) is 13.0 Å². The zero-order chi connectivity index (χ0) is 12.1. The van der Waals surface area contributed by atoms with Gasteiger partial charge in [-0.15, -0.1) is 0 Å². The molecule has 1 aromatic carbocycles. The average molecular weight is 230 g/mol. The van der Waals surface area contributed by atoms with Crippen LogP contribution in [-0.4, -0.2) is 30.6 Å². The predicted molar refractivity (Wildman–Crippen MR) is 66.9 cm³/mol. The fourth-order valence-electron chi connectivity index (χ4n) is 1.97. The van der Waals surface area contributed by atoms with E-state index in [4.69, 9.17) is 10.00 Å². The van der Waals surface area contributed by atoms with Gasteiger partial charge < -0.3 is 4.74 Å². The summed E-state index contributed by atoms with van der Waals surface area (Å²) in [5.74, 6) is 0.788. The maximum absolute atomic E-state index is 8.78. The molecule has 3 nitrogen and oxygen atoms in total. The van der Waals surface area contributed by atoms with E-state index in [2.05, 4.69) is 17.9 Å². The molecule has 0 radical (unpaired) electrons. The summed E-state index contributed by atoms with van der Waals surface area (Å²) in [6.45, 7) is 4.94. The van der Waals surface area contributed by atoms with E-state index >= 15 is 0 Å². The van der Waals surface area contributed by atoms with Crippen LogP contribution in [0.1, 0.15) is 25.3 Å². The first-order chi connectivity index (χ1) is 8.33. The molecule has 1 aliphatic carbocycles. The monoisotopic (exact) mass is 230 g/mol. The van der Waals surface area contributed by atoms with Gasteiger partial charge in [-0.05, 0) is 37.6 Å². The summed E-state index contributed by atoms with van der Waals surface area (Å²) in [6, 6.07) is 10.2. The van der Waals surface area contributed by atoms with Crippen LogP contribution in [0.3, 0.4) is 0 Å². The third kappa shape index (κ3) is 3.47. The van der Waals surface area contributed by atoms with Gasteiger partial charge >= 0.3 is 0 Å². The molecular weight excluding hydrogens is 212 g/mol. The Labute approximate surface area is 103 Å². The molecule has 0 aromatic heterocycles. The van der Waals surface area contributed by atoms with E-state index in [1.54, 1.807) is 12.1 Å². The van der Waals surface area contributed by atoms with E-state index in [-0.39, 0.29) is 0 Å². The van der Waals surface area contributed by atoms with Crippen molar-refractivity contribution in [3.8, 4) is 11.8 Å². The summed E-state index contributed by atoms with van der Waals surface area (Å²) in [5.41, 5.74) is 0.650. The van der Waals surface area contributed by atoms with Crippen molar-refractivity contribution in [1.82, 2.24) is 4.90 Å². The summed E-state index contributed by atoms with van der Waals surface area (Å²) >= 11 is 0. The first-order valence-corrected chi connectivity index (χ1v) is 6.20. The minimum Gasteiger partial charge on any atom is -0.492 e. The van der Waals surface area contributed by atoms with E-state index in [0.717, 1.165) is 24.9 Å². The molecule has 0 N–H and O–H groups in total. The second-order valence-electron chi connectivity index (χ2n) is 4.35. The molecule has 17 heavy (non-hydrogen) atoms. The molecule has 0 heterocycles. The van der Waals surface area contributed by atoms with Gasteiger partial charge in [-0.2, -0.15) is 5.26 Å². The van der Waals surface area contributed by atoms with Gasteiger partial charge in [0, 0.05) is 12.6 Å². The Bertz CT molecular complexity index is 407. The van der Waals surface area contributed by atoms with Crippen molar-refractivity contribution in [2.24, 2.45) is 0 Å². The molecule has 0 unspecified atom stereocenters. The fraction of sp³-hybridized carbons (Fsp3) is 0.500. The first kappa shape index (κ1) is 11.9. The largest absolute Gasteiger partial charge is 0.492 e. The predicted octanol–water partition coefficient (Wildman–Crippen LogP) is 2.42. The molecule has 1 fully saturated rings. The number of rotatable bonds is 6. The Kier molecular flexibility index (Phi) is 4.00. The molecule has 1 saturated carbocycles. The maximum atomic E-state index is 8.78. The van der Waals surface area contributed by atoms with Gasteiger partial charge in [-0.25, -0.2) is 0 Å². The van der Waals surface area contributed by atoms with Crippen molar-refractivity contribution in [2.45, 2.75) is 25.8 Å². The van der Waals surface area contributed by atoms with Gasteiger partial charge in [0.15, 0.2) is 0 Å². The van der Waals surface area contributed by atoms with E-state index in [1.807, 2.05) is 12.1 Å². The van der Waals surface area contributed by atoms with E-state index in [1.165, 1.54) is 12.8 Å². The van der Waals surface area contributed by atoms with Crippen molar-refractivity contribution in [3.05, 3.63) is 29.8 Å². The SMILES string of the molecule is CCN(CCOc1cccc(C#N)c1)C1CC1. The number of benzene rings is 1. The van der Waals surface area contributed by atoms with Crippen LogP contribution in [0.4, 0.5) is 0 Å². The highest BCUT2D eigenvalue weighted by molar-refractivity contribution is 5.36. The Morgan fingerprint density at radius 2 is 2.29 bits per heavy atom. The second kappa shape index (κ2) is 5.70. The molecule has 0 spiro atoms. The van der Waals surface area contributed by atoms with Crippen LogP contribution in [0.15, 0.2) is 24.3 Å². The van der Waals surface area contributed by atoms with Gasteiger partial charge in [0.2, 0.25) is 0 Å². The van der Waals surface area contributed by atoms with Gasteiger partial charge in [0.25, 0.3) is 0 Å². The molecule has 90 valence electrons. The van der Waals surface area contributed by atoms with Crippen LogP contribution in [0.5, 0.6) is 5.75 Å². The van der Waals surface area contributed by atoms with E-state index < -0.39 is 0 Å². The molecule has 0 aliphatic heterocycles. The lowest BCUT2D eigenvalue weighted by molar-refractivity contribution is 0.209. The van der Waals surface area contributed by atoms with Gasteiger partial charge in [0.1, 0.15) is 12.4 Å². The summed E-state index contributed by atoms with van der Waals surface area (Å²) in [4.78, 5) is 2.45. The van der Waals surface area contributed by atoms with Crippen LogP contribution < -0.4 is 4.74 Å². The molecule has 1 aliphatic rings. The van der Waals surface area contributed by atoms with Crippen LogP contribution >= 0.6 is 0 Å². The molecule has 2 rings (SSSR count). The third-order valence-electron chi connectivity index (χ3n) is 3.08. The lowest BCUT2D eigenvalue weighted by Gasteiger charge is -2.19. The number of hydrogen-bond donors (Lipinski definition) is 0. The highest BCUT2D eigenvalue weighted by Gasteiger charge is 2.27. The summed E-state index contributed by atoms with van der Waals surface area (Å²) < 4.78 is 5.67. The van der Waals surface area contributed by atoms with Crippen LogP contribution in [0, 0.1) is 11.3 Å². The zero-order valence-corrected chi connectivity index (χ0v) is 10.2. The molecule has 3 heteroatoms. The van der Waals surface area contributed by atoms with Crippen LogP contribution in [0.2, 0.25) is 0 Å². The van der Waals surface area contributed by atoms with Crippen molar-refractivity contribution >= 4 is 0 Å². The number of nitrogens with zero attached hydrogens (tertiary/aromatic N) is 2. The fourth-order valence-corrected chi connectivity index (χ4v) is 1.97. The number of ether oxygens (including phenoxy) is 1. The van der Waals surface area contributed by atoms with Crippen molar-refractivity contribution < 1.29 is 4.74 Å². The highest BCUT2D eigenvalue weighted by atomic mass is 16.5. The lowest BCUT2D eigenvalue weighted by atomic mass is 10.2. The maximum Gasteiger partial charge on any atom is 0.120 e. The highest BCUT2D eigenvalue weighted by Crippen LogP contribution is 2.26. The molecular formula is C14H18N2O. The summed E-state index contributed by atoms with van der Waals surface area (Å²) in [5, 5.41) is 8.78. The van der Waals surface area contributed by atoms with Gasteiger partial charge in [0.05, 0.1) is 11.6 Å². The van der Waals surface area contributed by atoms with Gasteiger partial charge in [-0.3, -0.25) is 4.90 Å². The molecule has 1 aromatic rings. The van der Waals surface area contributed by atoms with Crippen molar-refractivity contribution in [3.63, 3.8) is 0 Å². The third-order valence-corrected chi connectivity index (χ3v) is 3.08. The van der Waals surface area contributed by atoms with E-state index in [0.29, 0.717) is 12.2 Å². The zero-order valence-electron chi connectivity index (χ0n) is 10.2. The molecule has 0 bridgehead atoms. The first-order valence-electron chi connectivity index (χ1n) is 6.20. The number of nitriles is 1. The topological polar surface area (TPSA) is 36.3 Å². The Hall–Kier alpha value is -1.53. The normalized spacial score (nSPS) is 14.6. The lowest BCUT2D eigenvalue weighted by Crippen LogP contribution is -2.30. The smallest absolute Gasteiger partial charge is 0.120 e.